The van der Waals surface area contributed by atoms with Gasteiger partial charge in [0.1, 0.15) is 11.6 Å². The molecule has 0 saturated heterocycles. The van der Waals surface area contributed by atoms with Gasteiger partial charge in [-0.25, -0.2) is 14.4 Å². The molecule has 0 atom stereocenters. The maximum atomic E-state index is 13.2. The maximum Gasteiger partial charge on any atom is 0.161 e. The van der Waals surface area contributed by atoms with Gasteiger partial charge >= 0.3 is 0 Å². The van der Waals surface area contributed by atoms with E-state index >= 15 is 0 Å². The second-order valence-electron chi connectivity index (χ2n) is 3.88. The number of halogens is 2. The first-order valence-corrected chi connectivity index (χ1v) is 6.44. The minimum atomic E-state index is -0.220. The third-order valence-corrected chi connectivity index (χ3v) is 3.08. The lowest BCUT2D eigenvalue weighted by atomic mass is 10.1. The Balaban J connectivity index is 2.44. The lowest BCUT2D eigenvalue weighted by molar-refractivity contribution is 0.618. The van der Waals surface area contributed by atoms with Crippen molar-refractivity contribution in [2.75, 3.05) is 11.9 Å². The quantitative estimate of drug-likeness (QED) is 0.937. The number of anilines is 1. The predicted octanol–water partition coefficient (Wildman–Crippen LogP) is 3.79. The molecule has 1 aromatic carbocycles. The lowest BCUT2D eigenvalue weighted by Crippen LogP contribution is -2.02. The third-order valence-electron chi connectivity index (χ3n) is 2.50. The summed E-state index contributed by atoms with van der Waals surface area (Å²) in [5, 5.41) is 3.14. The monoisotopic (exact) mass is 309 g/mol. The Morgan fingerprint density at radius 3 is 2.83 bits per heavy atom. The van der Waals surface area contributed by atoms with Crippen LogP contribution in [0.25, 0.3) is 11.4 Å². The van der Waals surface area contributed by atoms with Crippen LogP contribution in [0.5, 0.6) is 0 Å². The summed E-state index contributed by atoms with van der Waals surface area (Å²) < 4.78 is 14.0. The summed E-state index contributed by atoms with van der Waals surface area (Å²) in [4.78, 5) is 8.65. The number of rotatable bonds is 3. The fraction of sp³-hybridized carbons (Fsp3) is 0.231. The Kier molecular flexibility index (Phi) is 3.91. The number of nitrogens with zero attached hydrogens (tertiary/aromatic N) is 2. The largest absolute Gasteiger partial charge is 0.369 e. The molecule has 2 rings (SSSR count). The molecular formula is C13H13BrFN3. The van der Waals surface area contributed by atoms with Crippen LogP contribution >= 0.6 is 15.9 Å². The van der Waals surface area contributed by atoms with Crippen LogP contribution in [-0.2, 0) is 0 Å². The fourth-order valence-electron chi connectivity index (χ4n) is 1.58. The summed E-state index contributed by atoms with van der Waals surface area (Å²) in [5.74, 6) is 1.10. The van der Waals surface area contributed by atoms with Gasteiger partial charge in [-0.2, -0.15) is 0 Å². The van der Waals surface area contributed by atoms with Gasteiger partial charge in [0, 0.05) is 18.3 Å². The molecule has 94 valence electrons. The fourth-order valence-corrected chi connectivity index (χ4v) is 1.91. The Bertz CT molecular complexity index is 572. The number of benzene rings is 1. The van der Waals surface area contributed by atoms with Crippen molar-refractivity contribution < 1.29 is 4.39 Å². The Hall–Kier alpha value is -1.49. The van der Waals surface area contributed by atoms with Crippen molar-refractivity contribution in [2.24, 2.45) is 0 Å². The Morgan fingerprint density at radius 2 is 2.17 bits per heavy atom. The summed E-state index contributed by atoms with van der Waals surface area (Å²) in [6.45, 7) is 4.50. The van der Waals surface area contributed by atoms with Gasteiger partial charge in [0.25, 0.3) is 0 Å². The molecule has 0 aliphatic heterocycles. The van der Waals surface area contributed by atoms with Gasteiger partial charge < -0.3 is 5.32 Å². The summed E-state index contributed by atoms with van der Waals surface area (Å²) in [6, 6.07) is 4.86. The first kappa shape index (κ1) is 13.0. The van der Waals surface area contributed by atoms with Crippen LogP contribution in [0.3, 0.4) is 0 Å². The van der Waals surface area contributed by atoms with E-state index in [1.807, 2.05) is 6.92 Å². The molecule has 1 aromatic heterocycles. The second-order valence-corrected chi connectivity index (χ2v) is 4.74. The summed E-state index contributed by atoms with van der Waals surface area (Å²) in [5.41, 5.74) is 1.39. The molecule has 0 aliphatic rings. The molecule has 1 heterocycles. The number of nitrogens with one attached hydrogen (secondary N) is 1. The summed E-state index contributed by atoms with van der Waals surface area (Å²) in [7, 11) is 0. The number of hydrogen-bond acceptors (Lipinski definition) is 3. The van der Waals surface area contributed by atoms with E-state index in [4.69, 9.17) is 0 Å². The van der Waals surface area contributed by atoms with Gasteiger partial charge in [0.05, 0.1) is 4.47 Å². The standard InChI is InChI=1S/C13H13BrFN3/c1-3-16-13-10(14)7-17-12(18-13)9-4-5-11(15)8(2)6-9/h4-7H,3H2,1-2H3,(H,16,17,18). The smallest absolute Gasteiger partial charge is 0.161 e. The molecule has 3 nitrogen and oxygen atoms in total. The highest BCUT2D eigenvalue weighted by atomic mass is 79.9. The molecule has 18 heavy (non-hydrogen) atoms. The minimum Gasteiger partial charge on any atom is -0.369 e. The molecule has 0 fully saturated rings. The first-order chi connectivity index (χ1) is 8.61. The summed E-state index contributed by atoms with van der Waals surface area (Å²) >= 11 is 3.38. The van der Waals surface area contributed by atoms with Crippen LogP contribution in [0.2, 0.25) is 0 Å². The van der Waals surface area contributed by atoms with Crippen molar-refractivity contribution in [3.8, 4) is 11.4 Å². The SMILES string of the molecule is CCNc1nc(-c2ccc(F)c(C)c2)ncc1Br. The molecule has 0 spiro atoms. The van der Waals surface area contributed by atoms with Crippen molar-refractivity contribution >= 4 is 21.7 Å². The molecular weight excluding hydrogens is 297 g/mol. The highest BCUT2D eigenvalue weighted by molar-refractivity contribution is 9.10. The number of aromatic nitrogens is 2. The van der Waals surface area contributed by atoms with Gasteiger partial charge in [-0.3, -0.25) is 0 Å². The molecule has 0 saturated carbocycles. The normalized spacial score (nSPS) is 10.4. The highest BCUT2D eigenvalue weighted by Gasteiger charge is 2.07. The van der Waals surface area contributed by atoms with Crippen LogP contribution in [0.1, 0.15) is 12.5 Å². The van der Waals surface area contributed by atoms with Crippen molar-refractivity contribution in [3.63, 3.8) is 0 Å². The number of hydrogen-bond donors (Lipinski definition) is 1. The van der Waals surface area contributed by atoms with Crippen LogP contribution in [0.4, 0.5) is 10.2 Å². The first-order valence-electron chi connectivity index (χ1n) is 5.64. The molecule has 0 radical (unpaired) electrons. The molecule has 0 aliphatic carbocycles. The maximum absolute atomic E-state index is 13.2. The van der Waals surface area contributed by atoms with E-state index in [-0.39, 0.29) is 5.82 Å². The molecule has 2 aromatic rings. The molecule has 0 unspecified atom stereocenters. The predicted molar refractivity (Wildman–Crippen MR) is 74.0 cm³/mol. The zero-order valence-electron chi connectivity index (χ0n) is 10.2. The second kappa shape index (κ2) is 5.44. The average Bonchev–Trinajstić information content (AvgIpc) is 2.36. The van der Waals surface area contributed by atoms with Gasteiger partial charge in [-0.1, -0.05) is 0 Å². The van der Waals surface area contributed by atoms with Gasteiger partial charge in [0.2, 0.25) is 0 Å². The number of aryl methyl sites for hydroxylation is 1. The van der Waals surface area contributed by atoms with E-state index in [0.717, 1.165) is 22.4 Å². The van der Waals surface area contributed by atoms with Crippen molar-refractivity contribution in [1.82, 2.24) is 9.97 Å². The summed E-state index contributed by atoms with van der Waals surface area (Å²) in [6.07, 6.45) is 1.69. The van der Waals surface area contributed by atoms with E-state index in [1.165, 1.54) is 6.07 Å². The van der Waals surface area contributed by atoms with E-state index in [0.29, 0.717) is 11.4 Å². The van der Waals surface area contributed by atoms with E-state index in [9.17, 15) is 4.39 Å². The van der Waals surface area contributed by atoms with E-state index in [2.05, 4.69) is 31.2 Å². The Labute approximate surface area is 114 Å². The average molecular weight is 310 g/mol. The van der Waals surface area contributed by atoms with Gasteiger partial charge in [-0.15, -0.1) is 0 Å². The third kappa shape index (κ3) is 2.67. The van der Waals surface area contributed by atoms with Crippen molar-refractivity contribution in [3.05, 3.63) is 40.2 Å². The molecule has 1 N–H and O–H groups in total. The molecule has 0 bridgehead atoms. The topological polar surface area (TPSA) is 37.8 Å². The lowest BCUT2D eigenvalue weighted by Gasteiger charge is -2.07. The zero-order chi connectivity index (χ0) is 13.1. The van der Waals surface area contributed by atoms with Crippen LogP contribution < -0.4 is 5.32 Å². The highest BCUT2D eigenvalue weighted by Crippen LogP contribution is 2.24. The molecule has 5 heteroatoms. The van der Waals surface area contributed by atoms with E-state index in [1.54, 1.807) is 25.3 Å². The van der Waals surface area contributed by atoms with Gasteiger partial charge in [0.15, 0.2) is 5.82 Å². The van der Waals surface area contributed by atoms with Crippen molar-refractivity contribution in [1.29, 1.82) is 0 Å². The Morgan fingerprint density at radius 1 is 1.39 bits per heavy atom. The van der Waals surface area contributed by atoms with E-state index < -0.39 is 0 Å². The van der Waals surface area contributed by atoms with Crippen LogP contribution in [-0.4, -0.2) is 16.5 Å². The van der Waals surface area contributed by atoms with Crippen molar-refractivity contribution in [2.45, 2.75) is 13.8 Å². The van der Waals surface area contributed by atoms with Crippen LogP contribution in [0, 0.1) is 12.7 Å². The van der Waals surface area contributed by atoms with Gasteiger partial charge in [-0.05, 0) is 53.5 Å². The van der Waals surface area contributed by atoms with Crippen LogP contribution in [0.15, 0.2) is 28.9 Å². The molecule has 0 amide bonds. The zero-order valence-corrected chi connectivity index (χ0v) is 11.8. The minimum absolute atomic E-state index is 0.220.